The van der Waals surface area contributed by atoms with E-state index in [0.717, 1.165) is 19.3 Å². The highest BCUT2D eigenvalue weighted by Gasteiger charge is 2.11. The summed E-state index contributed by atoms with van der Waals surface area (Å²) in [5.74, 6) is 0. The van der Waals surface area contributed by atoms with Gasteiger partial charge in [0, 0.05) is 7.11 Å². The van der Waals surface area contributed by atoms with E-state index in [4.69, 9.17) is 9.47 Å². The molecule has 1 unspecified atom stereocenters. The van der Waals surface area contributed by atoms with Gasteiger partial charge in [0.25, 0.3) is 0 Å². The van der Waals surface area contributed by atoms with Crippen LogP contribution in [0.3, 0.4) is 0 Å². The van der Waals surface area contributed by atoms with Crippen LogP contribution in [-0.2, 0) is 9.47 Å². The molecule has 1 aliphatic heterocycles. The van der Waals surface area contributed by atoms with E-state index in [-0.39, 0.29) is 6.29 Å². The summed E-state index contributed by atoms with van der Waals surface area (Å²) in [5.41, 5.74) is 0. The molecule has 0 aromatic rings. The molecule has 8 heavy (non-hydrogen) atoms. The van der Waals surface area contributed by atoms with Crippen molar-refractivity contribution in [1.82, 2.24) is 0 Å². The maximum Gasteiger partial charge on any atom is 0.158 e. The first-order chi connectivity index (χ1) is 3.93. The van der Waals surface area contributed by atoms with Crippen molar-refractivity contribution in [1.29, 1.82) is 0 Å². The molecule has 1 aliphatic rings. The number of methoxy groups -OCH3 is 1. The van der Waals surface area contributed by atoms with Gasteiger partial charge in [-0.05, 0) is 19.3 Å². The van der Waals surface area contributed by atoms with E-state index >= 15 is 0 Å². The molecule has 0 aliphatic carbocycles. The minimum Gasteiger partial charge on any atom is -0.356 e. The third-order valence-electron chi connectivity index (χ3n) is 1.20. The molecule has 0 amide bonds. The molecule has 46 valence electrons. The molecule has 2 heteroatoms. The van der Waals surface area contributed by atoms with Crippen LogP contribution in [0.25, 0.3) is 0 Å². The lowest BCUT2D eigenvalue weighted by atomic mass is 10.2. The minimum atomic E-state index is -0.0243. The van der Waals surface area contributed by atoms with Gasteiger partial charge in [-0.2, -0.15) is 0 Å². The molecule has 0 aromatic carbocycles. The Hall–Kier alpha value is -0.0800. The Labute approximate surface area is 49.8 Å². The smallest absolute Gasteiger partial charge is 0.158 e. The van der Waals surface area contributed by atoms with Gasteiger partial charge in [-0.25, -0.2) is 0 Å². The Kier molecular flexibility index (Phi) is 2.30. The number of hydrogen-bond donors (Lipinski definition) is 0. The van der Waals surface area contributed by atoms with Crippen molar-refractivity contribution in [2.24, 2.45) is 0 Å². The quantitative estimate of drug-likeness (QED) is 0.510. The van der Waals surface area contributed by atoms with Gasteiger partial charge in [-0.15, -0.1) is 0 Å². The fourth-order valence-corrected chi connectivity index (χ4v) is 0.718. The lowest BCUT2D eigenvalue weighted by Crippen LogP contribution is -2.17. The van der Waals surface area contributed by atoms with Crippen LogP contribution in [0.5, 0.6) is 0 Å². The summed E-state index contributed by atoms with van der Waals surface area (Å²) in [6.45, 7) is 2.76. The van der Waals surface area contributed by atoms with Crippen LogP contribution in [0.4, 0.5) is 0 Å². The molecule has 0 bridgehead atoms. The molecule has 2 nitrogen and oxygen atoms in total. The highest BCUT2D eigenvalue weighted by atomic mass is 16.7. The third kappa shape index (κ3) is 1.46. The third-order valence-corrected chi connectivity index (χ3v) is 1.20. The van der Waals surface area contributed by atoms with Gasteiger partial charge < -0.3 is 9.47 Å². The molecule has 1 fully saturated rings. The van der Waals surface area contributed by atoms with Gasteiger partial charge in [-0.3, -0.25) is 0 Å². The second kappa shape index (κ2) is 3.05. The Morgan fingerprint density at radius 2 is 2.62 bits per heavy atom. The van der Waals surface area contributed by atoms with Gasteiger partial charge in [0.2, 0.25) is 0 Å². The van der Waals surface area contributed by atoms with Crippen molar-refractivity contribution in [3.05, 3.63) is 6.61 Å². The minimum absolute atomic E-state index is 0.0243. The predicted molar refractivity (Wildman–Crippen MR) is 29.0 cm³/mol. The van der Waals surface area contributed by atoms with Crippen LogP contribution >= 0.6 is 0 Å². The molecular formula is C6H10O2. The Balaban J connectivity index is 2.13. The fourth-order valence-electron chi connectivity index (χ4n) is 0.718. The monoisotopic (exact) mass is 114 g/mol. The lowest BCUT2D eigenvalue weighted by Gasteiger charge is -2.18. The second-order valence-corrected chi connectivity index (χ2v) is 1.82. The van der Waals surface area contributed by atoms with Crippen molar-refractivity contribution in [2.75, 3.05) is 7.11 Å². The largest absolute Gasteiger partial charge is 0.356 e. The molecular weight excluding hydrogens is 104 g/mol. The number of rotatable bonds is 1. The van der Waals surface area contributed by atoms with Gasteiger partial charge in [0.05, 0.1) is 0 Å². The van der Waals surface area contributed by atoms with E-state index < -0.39 is 0 Å². The molecule has 1 atom stereocenters. The van der Waals surface area contributed by atoms with E-state index in [0.29, 0.717) is 0 Å². The number of hydrogen-bond acceptors (Lipinski definition) is 2. The summed E-state index contributed by atoms with van der Waals surface area (Å²) in [5, 5.41) is 0. The molecule has 0 N–H and O–H groups in total. The molecule has 1 saturated heterocycles. The van der Waals surface area contributed by atoms with E-state index in [9.17, 15) is 0 Å². The fraction of sp³-hybridized carbons (Fsp3) is 0.833. The zero-order valence-corrected chi connectivity index (χ0v) is 5.02. The summed E-state index contributed by atoms with van der Waals surface area (Å²) >= 11 is 0. The highest BCUT2D eigenvalue weighted by Crippen LogP contribution is 2.15. The number of ether oxygens (including phenoxy) is 2. The molecule has 1 heterocycles. The average molecular weight is 114 g/mol. The van der Waals surface area contributed by atoms with Gasteiger partial charge in [0.15, 0.2) is 6.29 Å². The topological polar surface area (TPSA) is 18.5 Å². The summed E-state index contributed by atoms with van der Waals surface area (Å²) in [7, 11) is 1.65. The zero-order chi connectivity index (χ0) is 5.82. The maximum absolute atomic E-state index is 4.95. The Morgan fingerprint density at radius 3 is 3.00 bits per heavy atom. The molecule has 0 aromatic heterocycles. The summed E-state index contributed by atoms with van der Waals surface area (Å²) < 4.78 is 9.86. The molecule has 2 radical (unpaired) electrons. The van der Waals surface area contributed by atoms with Crippen molar-refractivity contribution >= 4 is 0 Å². The summed E-state index contributed by atoms with van der Waals surface area (Å²) in [6, 6.07) is 0. The average Bonchev–Trinajstić information content (AvgIpc) is 1.90. The Bertz CT molecular complexity index is 57.5. The molecule has 0 spiro atoms. The second-order valence-electron chi connectivity index (χ2n) is 1.82. The molecule has 1 rings (SSSR count). The lowest BCUT2D eigenvalue weighted by molar-refractivity contribution is -0.120. The van der Waals surface area contributed by atoms with Crippen molar-refractivity contribution in [3.8, 4) is 0 Å². The van der Waals surface area contributed by atoms with E-state index in [1.54, 1.807) is 7.11 Å². The maximum atomic E-state index is 4.95. The van der Waals surface area contributed by atoms with Crippen LogP contribution in [0.1, 0.15) is 19.3 Å². The van der Waals surface area contributed by atoms with Gasteiger partial charge in [0.1, 0.15) is 6.61 Å². The standard InChI is InChI=1S/C6H10O2/c1-7-6-4-2-3-5-8-6/h6H,2-4H2,1H3. The van der Waals surface area contributed by atoms with Crippen LogP contribution in [-0.4, -0.2) is 13.4 Å². The first kappa shape index (κ1) is 6.05. The van der Waals surface area contributed by atoms with Crippen LogP contribution < -0.4 is 0 Å². The first-order valence-electron chi connectivity index (χ1n) is 2.85. The van der Waals surface area contributed by atoms with Crippen LogP contribution in [0.15, 0.2) is 0 Å². The van der Waals surface area contributed by atoms with Gasteiger partial charge in [-0.1, -0.05) is 0 Å². The van der Waals surface area contributed by atoms with E-state index in [1.807, 2.05) is 0 Å². The van der Waals surface area contributed by atoms with E-state index in [1.165, 1.54) is 0 Å². The summed E-state index contributed by atoms with van der Waals surface area (Å²) in [4.78, 5) is 0. The highest BCUT2D eigenvalue weighted by molar-refractivity contribution is 4.61. The Morgan fingerprint density at radius 1 is 1.75 bits per heavy atom. The SMILES string of the molecule is COC1CCC[C]O1. The van der Waals surface area contributed by atoms with Crippen molar-refractivity contribution in [3.63, 3.8) is 0 Å². The van der Waals surface area contributed by atoms with Crippen molar-refractivity contribution in [2.45, 2.75) is 25.6 Å². The van der Waals surface area contributed by atoms with Gasteiger partial charge >= 0.3 is 0 Å². The first-order valence-corrected chi connectivity index (χ1v) is 2.85. The van der Waals surface area contributed by atoms with Crippen molar-refractivity contribution < 1.29 is 9.47 Å². The van der Waals surface area contributed by atoms with Crippen LogP contribution in [0, 0.1) is 6.61 Å². The van der Waals surface area contributed by atoms with Crippen LogP contribution in [0.2, 0.25) is 0 Å². The predicted octanol–water partition coefficient (Wildman–Crippen LogP) is 1.20. The van der Waals surface area contributed by atoms with E-state index in [2.05, 4.69) is 6.61 Å². The summed E-state index contributed by atoms with van der Waals surface area (Å²) in [6.07, 6.45) is 3.06. The zero-order valence-electron chi connectivity index (χ0n) is 5.02. The molecule has 0 saturated carbocycles. The normalized spacial score (nSPS) is 30.4.